The average Bonchev–Trinajstić information content (AvgIpc) is 2.42. The van der Waals surface area contributed by atoms with Crippen LogP contribution in [0.4, 0.5) is 4.79 Å². The van der Waals surface area contributed by atoms with Crippen LogP contribution in [0.2, 0.25) is 0 Å². The highest BCUT2D eigenvalue weighted by molar-refractivity contribution is 5.67. The maximum atomic E-state index is 11.1. The number of benzene rings is 1. The van der Waals surface area contributed by atoms with E-state index in [4.69, 9.17) is 15.2 Å². The Morgan fingerprint density at radius 2 is 2.32 bits per heavy atom. The largest absolute Gasteiger partial charge is 0.492 e. The summed E-state index contributed by atoms with van der Waals surface area (Å²) in [4.78, 5) is 11.1. The summed E-state index contributed by atoms with van der Waals surface area (Å²) in [6.07, 6.45) is 1.86. The van der Waals surface area contributed by atoms with Crippen LogP contribution < -0.4 is 15.8 Å². The molecule has 0 aliphatic rings. The Morgan fingerprint density at radius 3 is 3.05 bits per heavy atom. The third-order valence-corrected chi connectivity index (χ3v) is 2.30. The van der Waals surface area contributed by atoms with E-state index in [-0.39, 0.29) is 6.61 Å². The maximum Gasteiger partial charge on any atom is 0.407 e. The third kappa shape index (κ3) is 6.47. The minimum Gasteiger partial charge on any atom is -0.492 e. The molecule has 0 aromatic heterocycles. The van der Waals surface area contributed by atoms with Gasteiger partial charge in [-0.1, -0.05) is 24.8 Å². The number of ether oxygens (including phenoxy) is 2. The van der Waals surface area contributed by atoms with Crippen LogP contribution >= 0.6 is 0 Å². The van der Waals surface area contributed by atoms with E-state index in [0.717, 1.165) is 17.7 Å². The summed E-state index contributed by atoms with van der Waals surface area (Å²) in [5.41, 5.74) is 6.63. The number of hydrogen-bond donors (Lipinski definition) is 2. The molecule has 0 atom stereocenters. The molecule has 5 nitrogen and oxygen atoms in total. The first-order valence-electron chi connectivity index (χ1n) is 6.19. The van der Waals surface area contributed by atoms with Gasteiger partial charge in [-0.05, 0) is 30.7 Å². The summed E-state index contributed by atoms with van der Waals surface area (Å²) in [6.45, 7) is 5.04. The molecule has 0 saturated heterocycles. The Hall–Kier alpha value is -2.01. The number of carbonyl (C=O) groups excluding carboxylic acids is 1. The quantitative estimate of drug-likeness (QED) is 0.551. The molecule has 19 heavy (non-hydrogen) atoms. The molecule has 0 saturated carbocycles. The summed E-state index contributed by atoms with van der Waals surface area (Å²) in [6, 6.07) is 7.75. The molecule has 0 spiro atoms. The molecule has 0 aliphatic heterocycles. The van der Waals surface area contributed by atoms with Gasteiger partial charge in [-0.3, -0.25) is 0 Å². The van der Waals surface area contributed by atoms with Crippen molar-refractivity contribution < 1.29 is 14.3 Å². The van der Waals surface area contributed by atoms with E-state index in [9.17, 15) is 4.79 Å². The van der Waals surface area contributed by atoms with Crippen molar-refractivity contribution >= 4 is 6.09 Å². The number of alkyl carbamates (subject to hydrolysis) is 1. The fourth-order valence-electron chi connectivity index (χ4n) is 1.47. The lowest BCUT2D eigenvalue weighted by molar-refractivity contribution is 0.156. The Bertz CT molecular complexity index is 407. The first-order chi connectivity index (χ1) is 9.26. The SMILES string of the molecule is C=CCOC(=O)NCCOc1cccc(CCN)c1. The van der Waals surface area contributed by atoms with Gasteiger partial charge in [-0.25, -0.2) is 4.79 Å². The summed E-state index contributed by atoms with van der Waals surface area (Å²) in [5, 5.41) is 2.57. The van der Waals surface area contributed by atoms with E-state index in [2.05, 4.69) is 11.9 Å². The topological polar surface area (TPSA) is 73.6 Å². The number of hydrogen-bond acceptors (Lipinski definition) is 4. The first-order valence-corrected chi connectivity index (χ1v) is 6.19. The van der Waals surface area contributed by atoms with Crippen molar-refractivity contribution in [1.82, 2.24) is 5.32 Å². The Labute approximate surface area is 113 Å². The van der Waals surface area contributed by atoms with E-state index in [1.54, 1.807) is 0 Å². The van der Waals surface area contributed by atoms with Crippen LogP contribution in [-0.2, 0) is 11.2 Å². The van der Waals surface area contributed by atoms with Gasteiger partial charge < -0.3 is 20.5 Å². The van der Waals surface area contributed by atoms with Gasteiger partial charge in [0.1, 0.15) is 19.0 Å². The highest BCUT2D eigenvalue weighted by Crippen LogP contribution is 2.13. The van der Waals surface area contributed by atoms with E-state index < -0.39 is 6.09 Å². The van der Waals surface area contributed by atoms with Gasteiger partial charge in [-0.2, -0.15) is 0 Å². The molecular formula is C14H20N2O3. The molecule has 0 heterocycles. The molecule has 0 fully saturated rings. The number of rotatable bonds is 8. The van der Waals surface area contributed by atoms with Crippen molar-refractivity contribution in [3.05, 3.63) is 42.5 Å². The van der Waals surface area contributed by atoms with E-state index in [1.165, 1.54) is 6.08 Å². The number of amides is 1. The van der Waals surface area contributed by atoms with Gasteiger partial charge in [0.15, 0.2) is 0 Å². The molecular weight excluding hydrogens is 244 g/mol. The second-order valence-electron chi connectivity index (χ2n) is 3.85. The molecule has 0 aliphatic carbocycles. The molecule has 0 unspecified atom stereocenters. The minimum atomic E-state index is -0.472. The average molecular weight is 264 g/mol. The Morgan fingerprint density at radius 1 is 1.47 bits per heavy atom. The van der Waals surface area contributed by atoms with Crippen LogP contribution in [0.25, 0.3) is 0 Å². The Kier molecular flexibility index (Phi) is 7.12. The van der Waals surface area contributed by atoms with Crippen LogP contribution in [-0.4, -0.2) is 32.4 Å². The van der Waals surface area contributed by atoms with E-state index >= 15 is 0 Å². The summed E-state index contributed by atoms with van der Waals surface area (Å²) >= 11 is 0. The zero-order valence-corrected chi connectivity index (χ0v) is 10.9. The lowest BCUT2D eigenvalue weighted by Crippen LogP contribution is -2.28. The predicted octanol–water partition coefficient (Wildman–Crippen LogP) is 1.48. The minimum absolute atomic E-state index is 0.202. The molecule has 1 rings (SSSR count). The molecule has 5 heteroatoms. The predicted molar refractivity (Wildman–Crippen MR) is 74.2 cm³/mol. The molecule has 3 N–H and O–H groups in total. The smallest absolute Gasteiger partial charge is 0.407 e. The van der Waals surface area contributed by atoms with E-state index in [1.807, 2.05) is 24.3 Å². The first kappa shape index (κ1) is 15.0. The van der Waals surface area contributed by atoms with Crippen molar-refractivity contribution in [3.8, 4) is 5.75 Å². The second kappa shape index (κ2) is 8.99. The fraction of sp³-hybridized carbons (Fsp3) is 0.357. The van der Waals surface area contributed by atoms with Gasteiger partial charge in [0.25, 0.3) is 0 Å². The zero-order chi connectivity index (χ0) is 13.9. The number of carbonyl (C=O) groups is 1. The summed E-state index contributed by atoms with van der Waals surface area (Å²) in [5.74, 6) is 0.771. The van der Waals surface area contributed by atoms with Crippen molar-refractivity contribution in [1.29, 1.82) is 0 Å². The van der Waals surface area contributed by atoms with Crippen LogP contribution in [0.5, 0.6) is 5.75 Å². The Balaban J connectivity index is 2.23. The van der Waals surface area contributed by atoms with E-state index in [0.29, 0.717) is 19.7 Å². The lowest BCUT2D eigenvalue weighted by atomic mass is 10.1. The standard InChI is InChI=1S/C14H20N2O3/c1-2-9-19-14(17)16-8-10-18-13-5-3-4-12(11-13)6-7-15/h2-5,11H,1,6-10,15H2,(H,16,17). The number of nitrogens with two attached hydrogens (primary N) is 1. The fourth-order valence-corrected chi connectivity index (χ4v) is 1.47. The van der Waals surface area contributed by atoms with Crippen LogP contribution in [0.15, 0.2) is 36.9 Å². The summed E-state index contributed by atoms with van der Waals surface area (Å²) < 4.78 is 10.3. The normalized spacial score (nSPS) is 9.74. The maximum absolute atomic E-state index is 11.1. The zero-order valence-electron chi connectivity index (χ0n) is 10.9. The highest BCUT2D eigenvalue weighted by Gasteiger charge is 2.00. The van der Waals surface area contributed by atoms with Gasteiger partial charge in [-0.15, -0.1) is 0 Å². The molecule has 1 aromatic rings. The van der Waals surface area contributed by atoms with Gasteiger partial charge in [0.2, 0.25) is 0 Å². The second-order valence-corrected chi connectivity index (χ2v) is 3.85. The molecule has 1 amide bonds. The van der Waals surface area contributed by atoms with Gasteiger partial charge in [0.05, 0.1) is 6.54 Å². The van der Waals surface area contributed by atoms with Crippen molar-refractivity contribution in [2.24, 2.45) is 5.73 Å². The summed E-state index contributed by atoms with van der Waals surface area (Å²) in [7, 11) is 0. The van der Waals surface area contributed by atoms with Gasteiger partial charge in [0, 0.05) is 0 Å². The third-order valence-electron chi connectivity index (χ3n) is 2.30. The van der Waals surface area contributed by atoms with Crippen LogP contribution in [0.1, 0.15) is 5.56 Å². The number of nitrogens with one attached hydrogen (secondary N) is 1. The van der Waals surface area contributed by atoms with Crippen LogP contribution in [0.3, 0.4) is 0 Å². The van der Waals surface area contributed by atoms with Crippen molar-refractivity contribution in [3.63, 3.8) is 0 Å². The lowest BCUT2D eigenvalue weighted by Gasteiger charge is -2.08. The molecule has 1 aromatic carbocycles. The van der Waals surface area contributed by atoms with Crippen LogP contribution in [0, 0.1) is 0 Å². The van der Waals surface area contributed by atoms with Crippen molar-refractivity contribution in [2.75, 3.05) is 26.3 Å². The molecule has 0 bridgehead atoms. The molecule has 0 radical (unpaired) electrons. The monoisotopic (exact) mass is 264 g/mol. The highest BCUT2D eigenvalue weighted by atomic mass is 16.5. The van der Waals surface area contributed by atoms with Crippen molar-refractivity contribution in [2.45, 2.75) is 6.42 Å². The van der Waals surface area contributed by atoms with Gasteiger partial charge >= 0.3 is 6.09 Å². The molecule has 104 valence electrons.